The Balaban J connectivity index is 2.39. The lowest BCUT2D eigenvalue weighted by atomic mass is 10.2. The Bertz CT molecular complexity index is 403. The van der Waals surface area contributed by atoms with Gasteiger partial charge in [0.15, 0.2) is 5.69 Å². The van der Waals surface area contributed by atoms with E-state index in [9.17, 15) is 14.9 Å². The molecule has 1 unspecified atom stereocenters. The van der Waals surface area contributed by atoms with Gasteiger partial charge < -0.3 is 15.4 Å². The Morgan fingerprint density at radius 2 is 2.35 bits per heavy atom. The van der Waals surface area contributed by atoms with Crippen LogP contribution in [0.1, 0.15) is 30.3 Å². The molecule has 94 valence electrons. The molecule has 1 atom stereocenters. The van der Waals surface area contributed by atoms with E-state index in [0.29, 0.717) is 11.4 Å². The minimum absolute atomic E-state index is 0.177. The molecular formula is C10H14BrN3O3. The molecule has 1 aromatic rings. The third kappa shape index (κ3) is 4.56. The molecule has 1 rings (SSSR count). The second-order valence-electron chi connectivity index (χ2n) is 3.69. The zero-order chi connectivity index (χ0) is 12.8. The van der Waals surface area contributed by atoms with E-state index in [1.54, 1.807) is 0 Å². The largest absolute Gasteiger partial charge is 0.358 e. The van der Waals surface area contributed by atoms with Gasteiger partial charge in [-0.05, 0) is 23.8 Å². The zero-order valence-electron chi connectivity index (χ0n) is 9.40. The molecule has 0 bridgehead atoms. The topological polar surface area (TPSA) is 88.0 Å². The fourth-order valence-electron chi connectivity index (χ4n) is 1.30. The fourth-order valence-corrected chi connectivity index (χ4v) is 1.63. The number of aromatic nitrogens is 1. The molecule has 0 radical (unpaired) electrons. The van der Waals surface area contributed by atoms with E-state index in [-0.39, 0.29) is 17.4 Å². The van der Waals surface area contributed by atoms with Gasteiger partial charge in [0, 0.05) is 17.4 Å². The number of carbonyl (C=O) groups is 1. The molecule has 0 aliphatic heterocycles. The van der Waals surface area contributed by atoms with Crippen LogP contribution in [0.3, 0.4) is 0 Å². The first kappa shape index (κ1) is 13.7. The molecule has 0 aromatic carbocycles. The van der Waals surface area contributed by atoms with Crippen molar-refractivity contribution in [2.24, 2.45) is 0 Å². The molecule has 1 heterocycles. The van der Waals surface area contributed by atoms with Crippen LogP contribution in [-0.4, -0.2) is 27.2 Å². The Morgan fingerprint density at radius 3 is 2.88 bits per heavy atom. The van der Waals surface area contributed by atoms with Crippen LogP contribution in [0.15, 0.2) is 12.1 Å². The van der Waals surface area contributed by atoms with Crippen LogP contribution in [0, 0.1) is 10.1 Å². The molecule has 1 aromatic heterocycles. The SMILES string of the molecule is CC(Br)CCCNC(=O)c1ccc([N+](=O)[O-])[nH]1. The van der Waals surface area contributed by atoms with Gasteiger partial charge in [-0.25, -0.2) is 4.98 Å². The molecule has 2 N–H and O–H groups in total. The van der Waals surface area contributed by atoms with Gasteiger partial charge in [-0.15, -0.1) is 0 Å². The maximum atomic E-state index is 11.5. The standard InChI is InChI=1S/C10H14BrN3O3/c1-7(11)3-2-6-12-10(15)8-4-5-9(13-8)14(16)17/h4-5,7,13H,2-3,6H2,1H3,(H,12,15). The number of halogens is 1. The van der Waals surface area contributed by atoms with Crippen LogP contribution in [-0.2, 0) is 0 Å². The summed E-state index contributed by atoms with van der Waals surface area (Å²) in [5, 5.41) is 13.1. The predicted molar refractivity (Wildman–Crippen MR) is 67.4 cm³/mol. The molecule has 7 heteroatoms. The molecular weight excluding hydrogens is 290 g/mol. The monoisotopic (exact) mass is 303 g/mol. The highest BCUT2D eigenvalue weighted by Crippen LogP contribution is 2.10. The van der Waals surface area contributed by atoms with Gasteiger partial charge >= 0.3 is 5.82 Å². The summed E-state index contributed by atoms with van der Waals surface area (Å²) in [7, 11) is 0. The smallest absolute Gasteiger partial charge is 0.321 e. The van der Waals surface area contributed by atoms with Gasteiger partial charge in [-0.3, -0.25) is 4.79 Å². The first-order chi connectivity index (χ1) is 8.00. The second kappa shape index (κ2) is 6.39. The van der Waals surface area contributed by atoms with Crippen LogP contribution in [0.25, 0.3) is 0 Å². The predicted octanol–water partition coefficient (Wildman–Crippen LogP) is 2.22. The van der Waals surface area contributed by atoms with Gasteiger partial charge in [0.05, 0.1) is 0 Å². The van der Waals surface area contributed by atoms with Crippen molar-refractivity contribution in [2.75, 3.05) is 6.54 Å². The van der Waals surface area contributed by atoms with Crippen molar-refractivity contribution in [3.05, 3.63) is 27.9 Å². The molecule has 0 saturated carbocycles. The third-order valence-electron chi connectivity index (χ3n) is 2.18. The lowest BCUT2D eigenvalue weighted by molar-refractivity contribution is -0.389. The first-order valence-electron chi connectivity index (χ1n) is 5.26. The van der Waals surface area contributed by atoms with Gasteiger partial charge in [0.25, 0.3) is 5.91 Å². The highest BCUT2D eigenvalue weighted by Gasteiger charge is 2.14. The van der Waals surface area contributed by atoms with Crippen LogP contribution < -0.4 is 5.32 Å². The van der Waals surface area contributed by atoms with Crippen LogP contribution >= 0.6 is 15.9 Å². The normalized spacial score (nSPS) is 12.1. The number of alkyl halides is 1. The van der Waals surface area contributed by atoms with E-state index in [4.69, 9.17) is 0 Å². The van der Waals surface area contributed by atoms with Gasteiger partial charge in [-0.2, -0.15) is 0 Å². The maximum absolute atomic E-state index is 11.5. The third-order valence-corrected chi connectivity index (χ3v) is 2.63. The van der Waals surface area contributed by atoms with E-state index in [2.05, 4.69) is 26.2 Å². The number of H-pyrrole nitrogens is 1. The summed E-state index contributed by atoms with van der Waals surface area (Å²) in [5.74, 6) is -0.496. The van der Waals surface area contributed by atoms with Crippen LogP contribution in [0.4, 0.5) is 5.82 Å². The first-order valence-corrected chi connectivity index (χ1v) is 6.18. The Labute approximate surface area is 107 Å². The van der Waals surface area contributed by atoms with Crippen molar-refractivity contribution in [1.29, 1.82) is 0 Å². The van der Waals surface area contributed by atoms with Crippen LogP contribution in [0.5, 0.6) is 0 Å². The minimum atomic E-state index is -0.566. The number of aromatic amines is 1. The molecule has 17 heavy (non-hydrogen) atoms. The van der Waals surface area contributed by atoms with Crippen LogP contribution in [0.2, 0.25) is 0 Å². The Kier molecular flexibility index (Phi) is 5.14. The van der Waals surface area contributed by atoms with Crippen molar-refractivity contribution in [3.8, 4) is 0 Å². The summed E-state index contributed by atoms with van der Waals surface area (Å²) in [5.41, 5.74) is 0.212. The van der Waals surface area contributed by atoms with E-state index < -0.39 is 4.92 Å². The molecule has 1 amide bonds. The summed E-state index contributed by atoms with van der Waals surface area (Å²) in [6.45, 7) is 2.59. The average Bonchev–Trinajstić information content (AvgIpc) is 2.73. The van der Waals surface area contributed by atoms with E-state index in [1.165, 1.54) is 12.1 Å². The number of nitro groups is 1. The molecule has 0 saturated heterocycles. The zero-order valence-corrected chi connectivity index (χ0v) is 11.0. The van der Waals surface area contributed by atoms with E-state index in [0.717, 1.165) is 12.8 Å². The number of nitrogens with zero attached hydrogens (tertiary/aromatic N) is 1. The number of amides is 1. The highest BCUT2D eigenvalue weighted by molar-refractivity contribution is 9.09. The summed E-state index contributed by atoms with van der Waals surface area (Å²) in [6.07, 6.45) is 1.83. The van der Waals surface area contributed by atoms with Gasteiger partial charge in [-0.1, -0.05) is 22.9 Å². The summed E-state index contributed by atoms with van der Waals surface area (Å²) >= 11 is 3.41. The Hall–Kier alpha value is -1.37. The fraction of sp³-hybridized carbons (Fsp3) is 0.500. The average molecular weight is 304 g/mol. The van der Waals surface area contributed by atoms with Crippen molar-refractivity contribution in [2.45, 2.75) is 24.6 Å². The molecule has 0 fully saturated rings. The number of nitrogens with one attached hydrogen (secondary N) is 2. The quantitative estimate of drug-likeness (QED) is 0.365. The maximum Gasteiger partial charge on any atom is 0.321 e. The summed E-state index contributed by atoms with van der Waals surface area (Å²) in [6, 6.07) is 2.68. The van der Waals surface area contributed by atoms with Crippen molar-refractivity contribution >= 4 is 27.7 Å². The van der Waals surface area contributed by atoms with Gasteiger partial charge in [0.2, 0.25) is 0 Å². The molecule has 0 spiro atoms. The van der Waals surface area contributed by atoms with E-state index in [1.807, 2.05) is 6.92 Å². The van der Waals surface area contributed by atoms with Crippen molar-refractivity contribution in [3.63, 3.8) is 0 Å². The number of rotatable bonds is 6. The molecule has 0 aliphatic carbocycles. The lowest BCUT2D eigenvalue weighted by Gasteiger charge is -2.03. The number of hydrogen-bond acceptors (Lipinski definition) is 3. The van der Waals surface area contributed by atoms with Crippen molar-refractivity contribution < 1.29 is 9.72 Å². The lowest BCUT2D eigenvalue weighted by Crippen LogP contribution is -2.25. The Morgan fingerprint density at radius 1 is 1.65 bits per heavy atom. The second-order valence-corrected chi connectivity index (χ2v) is 5.26. The van der Waals surface area contributed by atoms with E-state index >= 15 is 0 Å². The highest BCUT2D eigenvalue weighted by atomic mass is 79.9. The molecule has 0 aliphatic rings. The summed E-state index contributed by atoms with van der Waals surface area (Å²) < 4.78 is 0. The number of carbonyl (C=O) groups excluding carboxylic acids is 1. The van der Waals surface area contributed by atoms with Gasteiger partial charge in [0.1, 0.15) is 0 Å². The van der Waals surface area contributed by atoms with Crippen molar-refractivity contribution in [1.82, 2.24) is 10.3 Å². The summed E-state index contributed by atoms with van der Waals surface area (Å²) in [4.78, 5) is 24.3. The number of hydrogen-bond donors (Lipinski definition) is 2. The molecule has 6 nitrogen and oxygen atoms in total. The minimum Gasteiger partial charge on any atom is -0.358 e.